The van der Waals surface area contributed by atoms with Crippen LogP contribution in [0.3, 0.4) is 0 Å². The number of aromatic nitrogens is 1. The zero-order chi connectivity index (χ0) is 11.1. The number of aromatic amines is 1. The van der Waals surface area contributed by atoms with Gasteiger partial charge in [0, 0.05) is 22.7 Å². The Morgan fingerprint density at radius 1 is 1.44 bits per heavy atom. The lowest BCUT2D eigenvalue weighted by Crippen LogP contribution is -2.02. The average Bonchev–Trinajstić information content (AvgIpc) is 2.73. The van der Waals surface area contributed by atoms with Gasteiger partial charge in [-0.2, -0.15) is 0 Å². The van der Waals surface area contributed by atoms with Crippen LogP contribution in [0.25, 0.3) is 17.0 Å². The van der Waals surface area contributed by atoms with E-state index in [0.29, 0.717) is 12.0 Å². The number of nitrogens with one attached hydrogen (secondary N) is 1. The van der Waals surface area contributed by atoms with Crippen LogP contribution in [0.15, 0.2) is 24.4 Å². The summed E-state index contributed by atoms with van der Waals surface area (Å²) in [6.07, 6.45) is 5.29. The topological polar surface area (TPSA) is 62.3 Å². The highest BCUT2D eigenvalue weighted by molar-refractivity contribution is 6.07. The standard InChI is InChI=1S/C12H9NO3/c14-12(15)8-6-13-9-3-4-10-7(11(8)9)2-1-5-16-10/h1-4,6,13H,5H2,(H,14,15). The minimum atomic E-state index is -0.932. The first-order valence-electron chi connectivity index (χ1n) is 4.94. The summed E-state index contributed by atoms with van der Waals surface area (Å²) in [4.78, 5) is 14.0. The summed E-state index contributed by atoms with van der Waals surface area (Å²) in [6, 6.07) is 3.68. The van der Waals surface area contributed by atoms with E-state index in [2.05, 4.69) is 4.98 Å². The number of fused-ring (bicyclic) bond motifs is 3. The molecule has 0 aliphatic carbocycles. The molecule has 0 saturated carbocycles. The molecule has 3 rings (SSSR count). The number of ether oxygens (including phenoxy) is 1. The van der Waals surface area contributed by atoms with Crippen molar-refractivity contribution >= 4 is 22.9 Å². The lowest BCUT2D eigenvalue weighted by Gasteiger charge is -2.13. The Hall–Kier alpha value is -2.23. The second kappa shape index (κ2) is 3.13. The average molecular weight is 215 g/mol. The van der Waals surface area contributed by atoms with Crippen molar-refractivity contribution in [1.82, 2.24) is 4.98 Å². The first kappa shape index (κ1) is 9.03. The molecule has 0 fully saturated rings. The van der Waals surface area contributed by atoms with Gasteiger partial charge in [-0.25, -0.2) is 4.79 Å². The predicted molar refractivity (Wildman–Crippen MR) is 59.8 cm³/mol. The van der Waals surface area contributed by atoms with Crippen molar-refractivity contribution in [1.29, 1.82) is 0 Å². The van der Waals surface area contributed by atoms with Crippen LogP contribution in [0.2, 0.25) is 0 Å². The van der Waals surface area contributed by atoms with E-state index in [1.807, 2.05) is 24.3 Å². The summed E-state index contributed by atoms with van der Waals surface area (Å²) >= 11 is 0. The summed E-state index contributed by atoms with van der Waals surface area (Å²) in [5.74, 6) is -0.198. The smallest absolute Gasteiger partial charge is 0.337 e. The highest BCUT2D eigenvalue weighted by Crippen LogP contribution is 2.33. The van der Waals surface area contributed by atoms with Crippen molar-refractivity contribution < 1.29 is 14.6 Å². The van der Waals surface area contributed by atoms with E-state index in [1.165, 1.54) is 6.20 Å². The number of hydrogen-bond acceptors (Lipinski definition) is 2. The van der Waals surface area contributed by atoms with Gasteiger partial charge in [0.15, 0.2) is 0 Å². The number of hydrogen-bond donors (Lipinski definition) is 2. The van der Waals surface area contributed by atoms with Crippen LogP contribution < -0.4 is 4.74 Å². The molecule has 2 N–H and O–H groups in total. The highest BCUT2D eigenvalue weighted by Gasteiger charge is 2.17. The lowest BCUT2D eigenvalue weighted by molar-refractivity contribution is 0.0699. The second-order valence-corrected chi connectivity index (χ2v) is 3.62. The number of aromatic carboxylic acids is 1. The van der Waals surface area contributed by atoms with Crippen LogP contribution in [0.4, 0.5) is 0 Å². The van der Waals surface area contributed by atoms with E-state index in [9.17, 15) is 4.79 Å². The molecule has 0 bridgehead atoms. The van der Waals surface area contributed by atoms with E-state index in [-0.39, 0.29) is 5.56 Å². The molecule has 0 amide bonds. The van der Waals surface area contributed by atoms with Gasteiger partial charge in [0.25, 0.3) is 0 Å². The summed E-state index contributed by atoms with van der Waals surface area (Å²) in [5, 5.41) is 9.80. The van der Waals surface area contributed by atoms with Crippen molar-refractivity contribution in [3.63, 3.8) is 0 Å². The molecule has 0 spiro atoms. The number of rotatable bonds is 1. The number of carboxylic acids is 1. The third kappa shape index (κ3) is 1.13. The first-order valence-corrected chi connectivity index (χ1v) is 4.94. The minimum absolute atomic E-state index is 0.280. The molecular weight excluding hydrogens is 206 g/mol. The molecule has 0 unspecified atom stereocenters. The largest absolute Gasteiger partial charge is 0.489 e. The molecule has 2 heterocycles. The second-order valence-electron chi connectivity index (χ2n) is 3.62. The van der Waals surface area contributed by atoms with Gasteiger partial charge in [0.1, 0.15) is 12.4 Å². The van der Waals surface area contributed by atoms with Gasteiger partial charge in [0.05, 0.1) is 5.56 Å². The van der Waals surface area contributed by atoms with Crippen LogP contribution in [0.5, 0.6) is 5.75 Å². The zero-order valence-corrected chi connectivity index (χ0v) is 8.36. The third-order valence-corrected chi connectivity index (χ3v) is 2.70. The number of benzene rings is 1. The summed E-state index contributed by atoms with van der Waals surface area (Å²) < 4.78 is 5.44. The zero-order valence-electron chi connectivity index (χ0n) is 8.36. The maximum Gasteiger partial charge on any atom is 0.337 e. The molecule has 0 atom stereocenters. The van der Waals surface area contributed by atoms with Gasteiger partial charge < -0.3 is 14.8 Å². The molecule has 1 aliphatic heterocycles. The van der Waals surface area contributed by atoms with Crippen LogP contribution in [-0.4, -0.2) is 22.7 Å². The van der Waals surface area contributed by atoms with Gasteiger partial charge in [0.2, 0.25) is 0 Å². The summed E-state index contributed by atoms with van der Waals surface area (Å²) in [7, 11) is 0. The van der Waals surface area contributed by atoms with Gasteiger partial charge in [-0.3, -0.25) is 0 Å². The molecule has 80 valence electrons. The Balaban J connectivity index is 2.41. The molecule has 1 aromatic heterocycles. The normalized spacial score (nSPS) is 13.5. The fourth-order valence-corrected chi connectivity index (χ4v) is 2.00. The predicted octanol–water partition coefficient (Wildman–Crippen LogP) is 2.27. The van der Waals surface area contributed by atoms with Gasteiger partial charge in [-0.05, 0) is 18.2 Å². The molecule has 4 heteroatoms. The van der Waals surface area contributed by atoms with Crippen molar-refractivity contribution in [3.8, 4) is 5.75 Å². The SMILES string of the molecule is O=C(O)c1c[nH]c2ccc3c(c12)C=CCO3. The Morgan fingerprint density at radius 2 is 2.31 bits per heavy atom. The number of H-pyrrole nitrogens is 1. The number of carboxylic acid groups (broad SMARTS) is 1. The summed E-state index contributed by atoms with van der Waals surface area (Å²) in [6.45, 7) is 0.533. The van der Waals surface area contributed by atoms with E-state index in [4.69, 9.17) is 9.84 Å². The van der Waals surface area contributed by atoms with Crippen LogP contribution in [-0.2, 0) is 0 Å². The van der Waals surface area contributed by atoms with E-state index in [1.54, 1.807) is 0 Å². The third-order valence-electron chi connectivity index (χ3n) is 2.70. The highest BCUT2D eigenvalue weighted by atomic mass is 16.5. The van der Waals surface area contributed by atoms with Crippen molar-refractivity contribution in [2.24, 2.45) is 0 Å². The van der Waals surface area contributed by atoms with Gasteiger partial charge in [-0.1, -0.05) is 6.08 Å². The van der Waals surface area contributed by atoms with Crippen molar-refractivity contribution in [3.05, 3.63) is 35.5 Å². The van der Waals surface area contributed by atoms with Gasteiger partial charge >= 0.3 is 5.97 Å². The first-order chi connectivity index (χ1) is 7.77. The molecule has 2 aromatic rings. The Bertz CT molecular complexity index is 610. The Morgan fingerprint density at radius 3 is 3.12 bits per heavy atom. The molecule has 4 nitrogen and oxygen atoms in total. The van der Waals surface area contributed by atoms with Crippen molar-refractivity contribution in [2.75, 3.05) is 6.61 Å². The Labute approximate surface area is 91.2 Å². The molecular formula is C12H9NO3. The lowest BCUT2D eigenvalue weighted by atomic mass is 10.0. The maximum atomic E-state index is 11.1. The van der Waals surface area contributed by atoms with E-state index in [0.717, 1.165) is 16.8 Å². The quantitative estimate of drug-likeness (QED) is 0.767. The fraction of sp³-hybridized carbons (Fsp3) is 0.0833. The minimum Gasteiger partial charge on any atom is -0.489 e. The maximum absolute atomic E-state index is 11.1. The molecule has 16 heavy (non-hydrogen) atoms. The molecule has 1 aliphatic rings. The number of carbonyl (C=O) groups is 1. The van der Waals surface area contributed by atoms with Crippen LogP contribution in [0.1, 0.15) is 15.9 Å². The molecule has 0 saturated heterocycles. The van der Waals surface area contributed by atoms with Crippen molar-refractivity contribution in [2.45, 2.75) is 0 Å². The van der Waals surface area contributed by atoms with E-state index >= 15 is 0 Å². The Kier molecular flexibility index (Phi) is 1.77. The van der Waals surface area contributed by atoms with Crippen LogP contribution in [0, 0.1) is 0 Å². The monoisotopic (exact) mass is 215 g/mol. The fourth-order valence-electron chi connectivity index (χ4n) is 2.00. The van der Waals surface area contributed by atoms with Crippen LogP contribution >= 0.6 is 0 Å². The van der Waals surface area contributed by atoms with Gasteiger partial charge in [-0.15, -0.1) is 0 Å². The molecule has 1 aromatic carbocycles. The summed E-state index contributed by atoms with van der Waals surface area (Å²) in [5.41, 5.74) is 1.93. The van der Waals surface area contributed by atoms with E-state index < -0.39 is 5.97 Å². The molecule has 0 radical (unpaired) electrons.